The van der Waals surface area contributed by atoms with Gasteiger partial charge >= 0.3 is 0 Å². The summed E-state index contributed by atoms with van der Waals surface area (Å²) < 4.78 is 1.86. The Morgan fingerprint density at radius 3 is 2.63 bits per heavy atom. The first-order valence-electron chi connectivity index (χ1n) is 6.51. The van der Waals surface area contributed by atoms with Gasteiger partial charge in [0, 0.05) is 24.3 Å². The number of aliphatic hydroxyl groups is 1. The molecule has 0 radical (unpaired) electrons. The minimum absolute atomic E-state index is 0.156. The lowest BCUT2D eigenvalue weighted by Crippen LogP contribution is -2.35. The van der Waals surface area contributed by atoms with Crippen molar-refractivity contribution < 1.29 is 5.11 Å². The molecule has 1 atom stereocenters. The van der Waals surface area contributed by atoms with Crippen molar-refractivity contribution in [2.24, 2.45) is 0 Å². The average molecular weight is 259 g/mol. The Labute approximate surface area is 114 Å². The van der Waals surface area contributed by atoms with E-state index in [4.69, 9.17) is 0 Å². The fraction of sp³-hybridized carbons (Fsp3) is 0.400. The number of nitrogens with zero attached hydrogens (tertiary/aromatic N) is 2. The summed E-state index contributed by atoms with van der Waals surface area (Å²) >= 11 is 0. The number of benzene rings is 1. The second-order valence-electron chi connectivity index (χ2n) is 5.47. The summed E-state index contributed by atoms with van der Waals surface area (Å²) in [6.07, 6.45) is 3.87. The second kappa shape index (κ2) is 5.55. The lowest BCUT2D eigenvalue weighted by atomic mass is 10.1. The Hall–Kier alpha value is -1.65. The van der Waals surface area contributed by atoms with E-state index in [0.717, 1.165) is 11.3 Å². The normalized spacial score (nSPS) is 13.5. The van der Waals surface area contributed by atoms with E-state index in [1.807, 2.05) is 47.4 Å². The molecule has 2 N–H and O–H groups in total. The van der Waals surface area contributed by atoms with E-state index in [1.165, 1.54) is 0 Å². The zero-order valence-electron chi connectivity index (χ0n) is 11.7. The van der Waals surface area contributed by atoms with Crippen LogP contribution in [0.25, 0.3) is 5.69 Å². The third-order valence-electron chi connectivity index (χ3n) is 2.96. The molecule has 0 spiro atoms. The van der Waals surface area contributed by atoms with Gasteiger partial charge in [-0.3, -0.25) is 0 Å². The third kappa shape index (κ3) is 3.91. The van der Waals surface area contributed by atoms with Crippen LogP contribution in [0.5, 0.6) is 0 Å². The highest BCUT2D eigenvalue weighted by Gasteiger charge is 2.15. The van der Waals surface area contributed by atoms with Crippen molar-refractivity contribution in [3.63, 3.8) is 0 Å². The molecule has 2 aromatic rings. The first-order valence-corrected chi connectivity index (χ1v) is 6.51. The van der Waals surface area contributed by atoms with Gasteiger partial charge in [0.25, 0.3) is 0 Å². The van der Waals surface area contributed by atoms with E-state index in [9.17, 15) is 5.11 Å². The Morgan fingerprint density at radius 2 is 2.00 bits per heavy atom. The van der Waals surface area contributed by atoms with Crippen molar-refractivity contribution in [3.05, 3.63) is 48.3 Å². The highest BCUT2D eigenvalue weighted by molar-refractivity contribution is 5.31. The second-order valence-corrected chi connectivity index (χ2v) is 5.47. The molecule has 0 fully saturated rings. The number of aromatic nitrogens is 2. The van der Waals surface area contributed by atoms with Gasteiger partial charge in [-0.05, 0) is 32.9 Å². The van der Waals surface area contributed by atoms with Crippen LogP contribution in [0.1, 0.15) is 32.4 Å². The summed E-state index contributed by atoms with van der Waals surface area (Å²) in [6, 6.07) is 10.2. The third-order valence-corrected chi connectivity index (χ3v) is 2.96. The van der Waals surface area contributed by atoms with Crippen LogP contribution < -0.4 is 5.32 Å². The highest BCUT2D eigenvalue weighted by atomic mass is 16.3. The molecule has 0 aliphatic heterocycles. The number of para-hydroxylation sites is 1. The molecule has 0 saturated carbocycles. The molecule has 102 valence electrons. The SMILES string of the molecule is CC(NCC(C)(C)O)c1cnn(-c2ccccc2)c1. The Balaban J connectivity index is 2.05. The number of rotatable bonds is 5. The van der Waals surface area contributed by atoms with E-state index in [2.05, 4.69) is 17.3 Å². The van der Waals surface area contributed by atoms with Gasteiger partial charge in [0.05, 0.1) is 17.5 Å². The van der Waals surface area contributed by atoms with Gasteiger partial charge in [0.15, 0.2) is 0 Å². The molecule has 1 aromatic heterocycles. The molecule has 1 aromatic carbocycles. The standard InChI is InChI=1S/C15H21N3O/c1-12(16-11-15(2,3)19)13-9-17-18(10-13)14-7-5-4-6-8-14/h4-10,12,16,19H,11H2,1-3H3. The molecule has 4 heteroatoms. The lowest BCUT2D eigenvalue weighted by Gasteiger charge is -2.21. The summed E-state index contributed by atoms with van der Waals surface area (Å²) in [5.74, 6) is 0. The molecule has 4 nitrogen and oxygen atoms in total. The quantitative estimate of drug-likeness (QED) is 0.866. The van der Waals surface area contributed by atoms with E-state index in [1.54, 1.807) is 13.8 Å². The van der Waals surface area contributed by atoms with Crippen LogP contribution in [0, 0.1) is 0 Å². The molecule has 1 unspecified atom stereocenters. The van der Waals surface area contributed by atoms with Gasteiger partial charge in [-0.25, -0.2) is 4.68 Å². The predicted molar refractivity (Wildman–Crippen MR) is 76.3 cm³/mol. The molecule has 0 aliphatic carbocycles. The zero-order valence-corrected chi connectivity index (χ0v) is 11.7. The number of nitrogens with one attached hydrogen (secondary N) is 1. The maximum absolute atomic E-state index is 9.71. The molecular weight excluding hydrogens is 238 g/mol. The Morgan fingerprint density at radius 1 is 1.32 bits per heavy atom. The van der Waals surface area contributed by atoms with Crippen molar-refractivity contribution >= 4 is 0 Å². The van der Waals surface area contributed by atoms with Crippen molar-refractivity contribution in [1.82, 2.24) is 15.1 Å². The van der Waals surface area contributed by atoms with Crippen LogP contribution in [-0.4, -0.2) is 27.0 Å². The van der Waals surface area contributed by atoms with Gasteiger partial charge in [0.2, 0.25) is 0 Å². The average Bonchev–Trinajstić information content (AvgIpc) is 2.86. The number of hydrogen-bond acceptors (Lipinski definition) is 3. The Kier molecular flexibility index (Phi) is 4.02. The minimum Gasteiger partial charge on any atom is -0.389 e. The summed E-state index contributed by atoms with van der Waals surface area (Å²) in [5, 5.41) is 17.4. The lowest BCUT2D eigenvalue weighted by molar-refractivity contribution is 0.0770. The van der Waals surface area contributed by atoms with Crippen LogP contribution in [0.4, 0.5) is 0 Å². The molecule has 2 rings (SSSR count). The summed E-state index contributed by atoms with van der Waals surface area (Å²) in [7, 11) is 0. The van der Waals surface area contributed by atoms with E-state index >= 15 is 0 Å². The molecule has 0 saturated heterocycles. The summed E-state index contributed by atoms with van der Waals surface area (Å²) in [6.45, 7) is 6.20. The number of hydrogen-bond donors (Lipinski definition) is 2. The highest BCUT2D eigenvalue weighted by Crippen LogP contribution is 2.15. The molecule has 19 heavy (non-hydrogen) atoms. The fourth-order valence-corrected chi connectivity index (χ4v) is 1.80. The van der Waals surface area contributed by atoms with Crippen LogP contribution in [-0.2, 0) is 0 Å². The van der Waals surface area contributed by atoms with Crippen molar-refractivity contribution in [2.45, 2.75) is 32.4 Å². The maximum atomic E-state index is 9.71. The van der Waals surface area contributed by atoms with Crippen LogP contribution in [0.15, 0.2) is 42.7 Å². The van der Waals surface area contributed by atoms with Gasteiger partial charge in [-0.1, -0.05) is 18.2 Å². The fourth-order valence-electron chi connectivity index (χ4n) is 1.80. The zero-order chi connectivity index (χ0) is 13.9. The molecule has 0 bridgehead atoms. The monoisotopic (exact) mass is 259 g/mol. The van der Waals surface area contributed by atoms with Gasteiger partial charge in [0.1, 0.15) is 0 Å². The Bertz CT molecular complexity index is 514. The molecule has 0 amide bonds. The first kappa shape index (κ1) is 13.8. The van der Waals surface area contributed by atoms with Crippen LogP contribution in [0.2, 0.25) is 0 Å². The van der Waals surface area contributed by atoms with Gasteiger partial charge < -0.3 is 10.4 Å². The van der Waals surface area contributed by atoms with Crippen molar-refractivity contribution in [2.75, 3.05) is 6.54 Å². The molecule has 1 heterocycles. The van der Waals surface area contributed by atoms with Crippen molar-refractivity contribution in [3.8, 4) is 5.69 Å². The van der Waals surface area contributed by atoms with E-state index < -0.39 is 5.60 Å². The smallest absolute Gasteiger partial charge is 0.0715 e. The van der Waals surface area contributed by atoms with E-state index in [0.29, 0.717) is 6.54 Å². The molecular formula is C15H21N3O. The predicted octanol–water partition coefficient (Wildman–Crippen LogP) is 2.29. The van der Waals surface area contributed by atoms with Crippen molar-refractivity contribution in [1.29, 1.82) is 0 Å². The largest absolute Gasteiger partial charge is 0.389 e. The maximum Gasteiger partial charge on any atom is 0.0715 e. The summed E-state index contributed by atoms with van der Waals surface area (Å²) in [4.78, 5) is 0. The first-order chi connectivity index (χ1) is 8.96. The van der Waals surface area contributed by atoms with Crippen LogP contribution in [0.3, 0.4) is 0 Å². The van der Waals surface area contributed by atoms with Gasteiger partial charge in [-0.15, -0.1) is 0 Å². The summed E-state index contributed by atoms with van der Waals surface area (Å²) in [5.41, 5.74) is 1.44. The topological polar surface area (TPSA) is 50.1 Å². The van der Waals surface area contributed by atoms with Gasteiger partial charge in [-0.2, -0.15) is 5.10 Å². The van der Waals surface area contributed by atoms with E-state index in [-0.39, 0.29) is 6.04 Å². The van der Waals surface area contributed by atoms with Crippen LogP contribution >= 0.6 is 0 Å². The minimum atomic E-state index is -0.705. The molecule has 0 aliphatic rings.